The quantitative estimate of drug-likeness (QED) is 0.766. The summed E-state index contributed by atoms with van der Waals surface area (Å²) >= 11 is 0. The van der Waals surface area contributed by atoms with E-state index in [2.05, 4.69) is 0 Å². The first kappa shape index (κ1) is 14.5. The van der Waals surface area contributed by atoms with Crippen LogP contribution in [0.2, 0.25) is 0 Å². The molecule has 1 aliphatic heterocycles. The van der Waals surface area contributed by atoms with E-state index in [1.165, 1.54) is 0 Å². The van der Waals surface area contributed by atoms with Crippen molar-refractivity contribution >= 4 is 17.4 Å². The molecule has 1 aromatic rings. The summed E-state index contributed by atoms with van der Waals surface area (Å²) in [6, 6.07) is 5.28. The zero-order valence-electron chi connectivity index (χ0n) is 12.2. The van der Waals surface area contributed by atoms with Crippen molar-refractivity contribution in [3.63, 3.8) is 0 Å². The van der Waals surface area contributed by atoms with Crippen molar-refractivity contribution in [2.75, 3.05) is 38.7 Å². The predicted molar refractivity (Wildman–Crippen MR) is 77.5 cm³/mol. The van der Waals surface area contributed by atoms with E-state index in [9.17, 15) is 9.59 Å². The first-order chi connectivity index (χ1) is 9.52. The topological polar surface area (TPSA) is 49.9 Å². The molecule has 2 rings (SSSR count). The van der Waals surface area contributed by atoms with Crippen molar-refractivity contribution in [1.29, 1.82) is 0 Å². The number of ether oxygens (including phenoxy) is 1. The van der Waals surface area contributed by atoms with Crippen molar-refractivity contribution in [2.24, 2.45) is 0 Å². The van der Waals surface area contributed by atoms with Crippen LogP contribution in [-0.4, -0.2) is 50.4 Å². The van der Waals surface area contributed by atoms with Gasteiger partial charge in [-0.25, -0.2) is 0 Å². The number of anilines is 1. The van der Waals surface area contributed by atoms with Gasteiger partial charge in [-0.3, -0.25) is 9.59 Å². The van der Waals surface area contributed by atoms with Crippen LogP contribution in [0.25, 0.3) is 0 Å². The Morgan fingerprint density at radius 3 is 2.80 bits per heavy atom. The number of fused-ring (bicyclic) bond motifs is 1. The molecule has 0 atom stereocenters. The Bertz CT molecular complexity index is 526. The van der Waals surface area contributed by atoms with Gasteiger partial charge in [-0.15, -0.1) is 0 Å². The SMILES string of the molecule is CCC(=O)c1ccc2c(c1)N(CCN(C)C)C(=O)CO2. The third kappa shape index (κ3) is 2.99. The summed E-state index contributed by atoms with van der Waals surface area (Å²) in [6.07, 6.45) is 0.450. The fraction of sp³-hybridized carbons (Fsp3) is 0.467. The minimum absolute atomic E-state index is 0.0570. The van der Waals surface area contributed by atoms with Crippen molar-refractivity contribution in [3.8, 4) is 5.75 Å². The van der Waals surface area contributed by atoms with Crippen LogP contribution in [0.15, 0.2) is 18.2 Å². The van der Waals surface area contributed by atoms with Gasteiger partial charge in [-0.05, 0) is 32.3 Å². The molecule has 0 aromatic heterocycles. The Labute approximate surface area is 119 Å². The normalized spacial score (nSPS) is 14.2. The summed E-state index contributed by atoms with van der Waals surface area (Å²) in [5, 5.41) is 0. The second-order valence-electron chi connectivity index (χ2n) is 5.10. The fourth-order valence-corrected chi connectivity index (χ4v) is 2.12. The van der Waals surface area contributed by atoms with Gasteiger partial charge in [0.1, 0.15) is 5.75 Å². The molecule has 20 heavy (non-hydrogen) atoms. The number of ketones is 1. The zero-order chi connectivity index (χ0) is 14.7. The molecule has 1 aliphatic rings. The molecule has 5 nitrogen and oxygen atoms in total. The molecule has 0 unspecified atom stereocenters. The molecule has 0 saturated carbocycles. The van der Waals surface area contributed by atoms with Crippen LogP contribution < -0.4 is 9.64 Å². The van der Waals surface area contributed by atoms with Crippen molar-refractivity contribution < 1.29 is 14.3 Å². The van der Waals surface area contributed by atoms with Gasteiger partial charge in [0.05, 0.1) is 5.69 Å². The van der Waals surface area contributed by atoms with E-state index in [0.717, 1.165) is 6.54 Å². The average Bonchev–Trinajstić information content (AvgIpc) is 2.44. The molecule has 108 valence electrons. The lowest BCUT2D eigenvalue weighted by molar-refractivity contribution is -0.121. The molecular formula is C15H20N2O3. The molecule has 0 spiro atoms. The van der Waals surface area contributed by atoms with Crippen molar-refractivity contribution in [1.82, 2.24) is 4.90 Å². The van der Waals surface area contributed by atoms with Gasteiger partial charge in [0.25, 0.3) is 5.91 Å². The summed E-state index contributed by atoms with van der Waals surface area (Å²) in [5.74, 6) is 0.662. The van der Waals surface area contributed by atoms with E-state index >= 15 is 0 Å². The monoisotopic (exact) mass is 276 g/mol. The van der Waals surface area contributed by atoms with Crippen molar-refractivity contribution in [3.05, 3.63) is 23.8 Å². The maximum Gasteiger partial charge on any atom is 0.265 e. The lowest BCUT2D eigenvalue weighted by Gasteiger charge is -2.30. The molecule has 0 fully saturated rings. The van der Waals surface area contributed by atoms with Crippen LogP contribution >= 0.6 is 0 Å². The molecule has 0 aliphatic carbocycles. The number of hydrogen-bond acceptors (Lipinski definition) is 4. The number of carbonyl (C=O) groups is 2. The largest absolute Gasteiger partial charge is 0.482 e. The van der Waals surface area contributed by atoms with Crippen LogP contribution in [0, 0.1) is 0 Å². The third-order valence-corrected chi connectivity index (χ3v) is 3.32. The number of hydrogen-bond donors (Lipinski definition) is 0. The Kier molecular flexibility index (Phi) is 4.39. The third-order valence-electron chi connectivity index (χ3n) is 3.32. The van der Waals surface area contributed by atoms with Gasteiger partial charge in [-0.1, -0.05) is 6.92 Å². The first-order valence-corrected chi connectivity index (χ1v) is 6.78. The summed E-state index contributed by atoms with van der Waals surface area (Å²) in [4.78, 5) is 27.5. The van der Waals surface area contributed by atoms with E-state index in [1.54, 1.807) is 23.1 Å². The zero-order valence-corrected chi connectivity index (χ0v) is 12.2. The highest BCUT2D eigenvalue weighted by atomic mass is 16.5. The molecule has 1 heterocycles. The van der Waals surface area contributed by atoms with E-state index in [4.69, 9.17) is 4.74 Å². The summed E-state index contributed by atoms with van der Waals surface area (Å²) in [6.45, 7) is 3.23. The van der Waals surface area contributed by atoms with E-state index in [-0.39, 0.29) is 18.3 Å². The molecule has 0 bridgehead atoms. The van der Waals surface area contributed by atoms with E-state index in [0.29, 0.717) is 30.0 Å². The molecule has 0 saturated heterocycles. The van der Waals surface area contributed by atoms with Crippen LogP contribution in [0.5, 0.6) is 5.75 Å². The highest BCUT2D eigenvalue weighted by Gasteiger charge is 2.26. The Balaban J connectivity index is 2.32. The van der Waals surface area contributed by atoms with Gasteiger partial charge in [-0.2, -0.15) is 0 Å². The maximum atomic E-state index is 12.0. The van der Waals surface area contributed by atoms with Gasteiger partial charge < -0.3 is 14.5 Å². The molecule has 1 aromatic carbocycles. The molecule has 1 amide bonds. The summed E-state index contributed by atoms with van der Waals surface area (Å²) in [7, 11) is 3.92. The number of likely N-dealkylation sites (N-methyl/N-ethyl adjacent to an activating group) is 1. The lowest BCUT2D eigenvalue weighted by Crippen LogP contribution is -2.42. The van der Waals surface area contributed by atoms with Crippen LogP contribution in [0.3, 0.4) is 0 Å². The standard InChI is InChI=1S/C15H20N2O3/c1-4-13(18)11-5-6-14-12(9-11)17(8-7-16(2)3)15(19)10-20-14/h5-6,9H,4,7-8,10H2,1-3H3. The number of nitrogens with zero attached hydrogens (tertiary/aromatic N) is 2. The molecule has 0 N–H and O–H groups in total. The predicted octanol–water partition coefficient (Wildman–Crippen LogP) is 1.57. The fourth-order valence-electron chi connectivity index (χ4n) is 2.12. The van der Waals surface area contributed by atoms with Gasteiger partial charge in [0.15, 0.2) is 12.4 Å². The number of Topliss-reactive ketones (excluding diaryl/α,β-unsaturated/α-hetero) is 1. The lowest BCUT2D eigenvalue weighted by atomic mass is 10.1. The Morgan fingerprint density at radius 2 is 2.15 bits per heavy atom. The highest BCUT2D eigenvalue weighted by molar-refractivity contribution is 6.01. The maximum absolute atomic E-state index is 12.0. The summed E-state index contributed by atoms with van der Waals surface area (Å²) < 4.78 is 5.43. The van der Waals surface area contributed by atoms with Gasteiger partial charge in [0, 0.05) is 25.1 Å². The first-order valence-electron chi connectivity index (χ1n) is 6.78. The smallest absolute Gasteiger partial charge is 0.265 e. The van der Waals surface area contributed by atoms with Crippen LogP contribution in [0.4, 0.5) is 5.69 Å². The van der Waals surface area contributed by atoms with Crippen molar-refractivity contribution in [2.45, 2.75) is 13.3 Å². The second-order valence-corrected chi connectivity index (χ2v) is 5.10. The van der Waals surface area contributed by atoms with E-state index < -0.39 is 0 Å². The van der Waals surface area contributed by atoms with Crippen LogP contribution in [-0.2, 0) is 4.79 Å². The second kappa shape index (κ2) is 6.05. The minimum Gasteiger partial charge on any atom is -0.482 e. The van der Waals surface area contributed by atoms with Crippen LogP contribution in [0.1, 0.15) is 23.7 Å². The molecule has 5 heteroatoms. The number of benzene rings is 1. The number of amides is 1. The Hall–Kier alpha value is -1.88. The number of rotatable bonds is 5. The van der Waals surface area contributed by atoms with E-state index in [1.807, 2.05) is 25.9 Å². The number of carbonyl (C=O) groups excluding carboxylic acids is 2. The Morgan fingerprint density at radius 1 is 1.40 bits per heavy atom. The minimum atomic E-state index is -0.0690. The van der Waals surface area contributed by atoms with Gasteiger partial charge in [0.2, 0.25) is 0 Å². The molecule has 0 radical (unpaired) electrons. The average molecular weight is 276 g/mol. The summed E-state index contributed by atoms with van der Waals surface area (Å²) in [5.41, 5.74) is 1.32. The molecular weight excluding hydrogens is 256 g/mol. The highest BCUT2D eigenvalue weighted by Crippen LogP contribution is 2.33. The van der Waals surface area contributed by atoms with Gasteiger partial charge >= 0.3 is 0 Å².